The molecule has 3 aromatic rings. The number of fused-ring (bicyclic) bond motifs is 1. The molecule has 1 saturated heterocycles. The standard InChI is InChI=1S/C18H24N8O2/c1-3-28-18(27)25-6-4-5-13(10-25)11-26-16-14(8-21-26)7-19-17(23-16)22-15-9-20-24(2)12-15/h7-9,12-13H,3-6,10-11H2,1-2H3,(H,19,22,23). The van der Waals surface area contributed by atoms with Crippen LogP contribution in [0, 0.1) is 5.92 Å². The first kappa shape index (κ1) is 18.2. The van der Waals surface area contributed by atoms with Crippen LogP contribution in [0.15, 0.2) is 24.8 Å². The highest BCUT2D eigenvalue weighted by atomic mass is 16.6. The molecule has 4 heterocycles. The minimum Gasteiger partial charge on any atom is -0.450 e. The Kier molecular flexibility index (Phi) is 5.09. The highest BCUT2D eigenvalue weighted by Gasteiger charge is 2.25. The Labute approximate surface area is 162 Å². The van der Waals surface area contributed by atoms with Gasteiger partial charge in [-0.25, -0.2) is 14.5 Å². The van der Waals surface area contributed by atoms with Crippen LogP contribution in [0.2, 0.25) is 0 Å². The molecule has 0 saturated carbocycles. The zero-order chi connectivity index (χ0) is 19.5. The van der Waals surface area contributed by atoms with Gasteiger partial charge < -0.3 is 15.0 Å². The SMILES string of the molecule is CCOC(=O)N1CCCC(Cn2ncc3cnc(Nc4cnn(C)c4)nc32)C1. The molecule has 0 aromatic carbocycles. The molecule has 1 amide bonds. The van der Waals surface area contributed by atoms with Gasteiger partial charge in [-0.05, 0) is 25.7 Å². The quantitative estimate of drug-likeness (QED) is 0.719. The van der Waals surface area contributed by atoms with Gasteiger partial charge >= 0.3 is 6.09 Å². The monoisotopic (exact) mass is 384 g/mol. The van der Waals surface area contributed by atoms with Gasteiger partial charge in [-0.2, -0.15) is 15.2 Å². The summed E-state index contributed by atoms with van der Waals surface area (Å²) >= 11 is 0. The number of aromatic nitrogens is 6. The number of carbonyl (C=O) groups excluding carboxylic acids is 1. The number of hydrogen-bond donors (Lipinski definition) is 1. The van der Waals surface area contributed by atoms with Crippen molar-refractivity contribution in [2.24, 2.45) is 13.0 Å². The van der Waals surface area contributed by atoms with E-state index in [1.54, 1.807) is 28.2 Å². The van der Waals surface area contributed by atoms with E-state index in [1.807, 2.05) is 24.9 Å². The van der Waals surface area contributed by atoms with E-state index in [1.165, 1.54) is 0 Å². The molecule has 0 radical (unpaired) electrons. The summed E-state index contributed by atoms with van der Waals surface area (Å²) in [6.07, 6.45) is 8.89. The Morgan fingerprint density at radius 2 is 2.21 bits per heavy atom. The fourth-order valence-corrected chi connectivity index (χ4v) is 3.51. The van der Waals surface area contributed by atoms with Gasteiger partial charge in [0.05, 0.1) is 30.1 Å². The van der Waals surface area contributed by atoms with Gasteiger partial charge in [-0.3, -0.25) is 4.68 Å². The van der Waals surface area contributed by atoms with Gasteiger partial charge in [0.1, 0.15) is 0 Å². The Morgan fingerprint density at radius 3 is 3.00 bits per heavy atom. The van der Waals surface area contributed by atoms with Crippen molar-refractivity contribution in [2.45, 2.75) is 26.3 Å². The van der Waals surface area contributed by atoms with E-state index >= 15 is 0 Å². The van der Waals surface area contributed by atoms with Crippen molar-refractivity contribution in [1.82, 2.24) is 34.4 Å². The maximum absolute atomic E-state index is 12.0. The van der Waals surface area contributed by atoms with E-state index in [0.717, 1.165) is 36.1 Å². The number of amides is 1. The van der Waals surface area contributed by atoms with Gasteiger partial charge in [0.2, 0.25) is 5.95 Å². The predicted molar refractivity (Wildman–Crippen MR) is 103 cm³/mol. The first-order valence-electron chi connectivity index (χ1n) is 9.48. The number of hydrogen-bond acceptors (Lipinski definition) is 7. The number of carbonyl (C=O) groups is 1. The summed E-state index contributed by atoms with van der Waals surface area (Å²) in [5.41, 5.74) is 1.60. The lowest BCUT2D eigenvalue weighted by Crippen LogP contribution is -2.41. The fraction of sp³-hybridized carbons (Fsp3) is 0.500. The van der Waals surface area contributed by atoms with Gasteiger partial charge in [-0.1, -0.05) is 0 Å². The lowest BCUT2D eigenvalue weighted by molar-refractivity contribution is 0.0854. The summed E-state index contributed by atoms with van der Waals surface area (Å²) < 4.78 is 8.74. The van der Waals surface area contributed by atoms with E-state index < -0.39 is 0 Å². The topological polar surface area (TPSA) is 103 Å². The molecule has 0 spiro atoms. The molecule has 1 aliphatic rings. The molecular formula is C18H24N8O2. The lowest BCUT2D eigenvalue weighted by atomic mass is 9.98. The van der Waals surface area contributed by atoms with Crippen LogP contribution in [-0.2, 0) is 18.3 Å². The van der Waals surface area contributed by atoms with Crippen molar-refractivity contribution >= 4 is 28.8 Å². The van der Waals surface area contributed by atoms with Crippen LogP contribution in [0.25, 0.3) is 11.0 Å². The first-order chi connectivity index (χ1) is 13.6. The molecule has 1 atom stereocenters. The summed E-state index contributed by atoms with van der Waals surface area (Å²) in [7, 11) is 1.86. The molecule has 1 N–H and O–H groups in total. The van der Waals surface area contributed by atoms with Gasteiger partial charge in [0, 0.05) is 39.1 Å². The van der Waals surface area contributed by atoms with Crippen LogP contribution in [0.5, 0.6) is 0 Å². The number of rotatable bonds is 5. The molecule has 0 bridgehead atoms. The second-order valence-corrected chi connectivity index (χ2v) is 6.98. The molecule has 1 aliphatic heterocycles. The largest absolute Gasteiger partial charge is 0.450 e. The molecule has 1 unspecified atom stereocenters. The predicted octanol–water partition coefficient (Wildman–Crippen LogP) is 2.17. The molecule has 1 fully saturated rings. The number of ether oxygens (including phenoxy) is 1. The highest BCUT2D eigenvalue weighted by Crippen LogP contribution is 2.22. The van der Waals surface area contributed by atoms with Crippen molar-refractivity contribution in [3.8, 4) is 0 Å². The smallest absolute Gasteiger partial charge is 0.409 e. The van der Waals surface area contributed by atoms with Crippen LogP contribution in [0.4, 0.5) is 16.4 Å². The van der Waals surface area contributed by atoms with Crippen LogP contribution >= 0.6 is 0 Å². The maximum Gasteiger partial charge on any atom is 0.409 e. The summed E-state index contributed by atoms with van der Waals surface area (Å²) in [4.78, 5) is 22.8. The zero-order valence-electron chi connectivity index (χ0n) is 16.1. The fourth-order valence-electron chi connectivity index (χ4n) is 3.51. The average molecular weight is 384 g/mol. The normalized spacial score (nSPS) is 17.1. The van der Waals surface area contributed by atoms with Gasteiger partial charge in [-0.15, -0.1) is 0 Å². The number of aryl methyl sites for hydroxylation is 1. The molecule has 4 rings (SSSR count). The second kappa shape index (κ2) is 7.83. The Bertz CT molecular complexity index is 966. The van der Waals surface area contributed by atoms with Crippen molar-refractivity contribution < 1.29 is 9.53 Å². The van der Waals surface area contributed by atoms with Crippen molar-refractivity contribution in [3.63, 3.8) is 0 Å². The van der Waals surface area contributed by atoms with E-state index in [4.69, 9.17) is 4.74 Å². The number of piperidine rings is 1. The molecule has 28 heavy (non-hydrogen) atoms. The van der Waals surface area contributed by atoms with Gasteiger partial charge in [0.15, 0.2) is 5.65 Å². The van der Waals surface area contributed by atoms with Crippen LogP contribution in [0.3, 0.4) is 0 Å². The van der Waals surface area contributed by atoms with Crippen LogP contribution < -0.4 is 5.32 Å². The maximum atomic E-state index is 12.0. The third-order valence-electron chi connectivity index (χ3n) is 4.81. The van der Waals surface area contributed by atoms with Gasteiger partial charge in [0.25, 0.3) is 0 Å². The van der Waals surface area contributed by atoms with Crippen LogP contribution in [0.1, 0.15) is 19.8 Å². The minimum absolute atomic E-state index is 0.234. The summed E-state index contributed by atoms with van der Waals surface area (Å²) in [5.74, 6) is 0.810. The molecule has 10 heteroatoms. The first-order valence-corrected chi connectivity index (χ1v) is 9.48. The number of likely N-dealkylation sites (tertiary alicyclic amines) is 1. The van der Waals surface area contributed by atoms with Crippen molar-refractivity contribution in [1.29, 1.82) is 0 Å². The molecule has 3 aromatic heterocycles. The molecule has 148 valence electrons. The third-order valence-corrected chi connectivity index (χ3v) is 4.81. The van der Waals surface area contributed by atoms with Crippen molar-refractivity contribution in [3.05, 3.63) is 24.8 Å². The van der Waals surface area contributed by atoms with Crippen LogP contribution in [-0.4, -0.2) is 60.2 Å². The Morgan fingerprint density at radius 1 is 1.32 bits per heavy atom. The summed E-state index contributed by atoms with van der Waals surface area (Å²) in [5, 5.41) is 12.7. The third kappa shape index (κ3) is 3.90. The lowest BCUT2D eigenvalue weighted by Gasteiger charge is -2.31. The van der Waals surface area contributed by atoms with Crippen molar-refractivity contribution in [2.75, 3.05) is 25.0 Å². The number of nitrogens with one attached hydrogen (secondary N) is 1. The number of anilines is 2. The van der Waals surface area contributed by atoms with E-state index in [-0.39, 0.29) is 6.09 Å². The minimum atomic E-state index is -0.234. The Balaban J connectivity index is 1.49. The molecular weight excluding hydrogens is 360 g/mol. The average Bonchev–Trinajstić information content (AvgIpc) is 3.28. The van der Waals surface area contributed by atoms with E-state index in [9.17, 15) is 4.79 Å². The summed E-state index contributed by atoms with van der Waals surface area (Å²) in [6, 6.07) is 0. The molecule has 0 aliphatic carbocycles. The van der Waals surface area contributed by atoms with E-state index in [0.29, 0.717) is 31.6 Å². The zero-order valence-corrected chi connectivity index (χ0v) is 16.1. The highest BCUT2D eigenvalue weighted by molar-refractivity contribution is 5.75. The number of nitrogens with zero attached hydrogens (tertiary/aromatic N) is 7. The second-order valence-electron chi connectivity index (χ2n) is 6.98. The van der Waals surface area contributed by atoms with E-state index in [2.05, 4.69) is 25.5 Å². The summed E-state index contributed by atoms with van der Waals surface area (Å²) in [6.45, 7) is 4.34. The molecule has 10 nitrogen and oxygen atoms in total. The Hall–Kier alpha value is -3.17.